The second-order valence-corrected chi connectivity index (χ2v) is 3.07. The molecule has 80 valence electrons. The van der Waals surface area contributed by atoms with Gasteiger partial charge in [0.2, 0.25) is 5.91 Å². The van der Waals surface area contributed by atoms with Gasteiger partial charge in [0, 0.05) is 19.4 Å². The predicted octanol–water partition coefficient (Wildman–Crippen LogP) is 0.793. The maximum Gasteiger partial charge on any atom is 0.222 e. The molecule has 4 nitrogen and oxygen atoms in total. The first-order chi connectivity index (χ1) is 6.76. The number of carbonyl (C=O) groups is 3. The molecule has 0 saturated heterocycles. The van der Waals surface area contributed by atoms with Crippen molar-refractivity contribution in [3.63, 3.8) is 0 Å². The van der Waals surface area contributed by atoms with Crippen molar-refractivity contribution in [1.82, 2.24) is 4.90 Å². The van der Waals surface area contributed by atoms with E-state index in [0.717, 1.165) is 19.0 Å². The molecular weight excluding hydrogens is 182 g/mol. The Bertz CT molecular complexity index is 192. The molecule has 1 amide bonds. The van der Waals surface area contributed by atoms with Crippen molar-refractivity contribution < 1.29 is 14.4 Å². The summed E-state index contributed by atoms with van der Waals surface area (Å²) in [7, 11) is 0. The molecule has 14 heavy (non-hydrogen) atoms. The lowest BCUT2D eigenvalue weighted by Gasteiger charge is -2.18. The van der Waals surface area contributed by atoms with E-state index in [2.05, 4.69) is 0 Å². The molecule has 0 spiro atoms. The Morgan fingerprint density at radius 1 is 1.29 bits per heavy atom. The third-order valence-corrected chi connectivity index (χ3v) is 1.85. The van der Waals surface area contributed by atoms with Gasteiger partial charge in [-0.3, -0.25) is 4.79 Å². The molecule has 0 N–H and O–H groups in total. The summed E-state index contributed by atoms with van der Waals surface area (Å²) in [4.78, 5) is 33.3. The van der Waals surface area contributed by atoms with E-state index >= 15 is 0 Å². The van der Waals surface area contributed by atoms with Crippen LogP contribution in [0, 0.1) is 0 Å². The third-order valence-electron chi connectivity index (χ3n) is 1.85. The molecule has 0 rings (SSSR count). The van der Waals surface area contributed by atoms with Crippen LogP contribution in [0.25, 0.3) is 0 Å². The van der Waals surface area contributed by atoms with Crippen molar-refractivity contribution in [3.8, 4) is 0 Å². The summed E-state index contributed by atoms with van der Waals surface area (Å²) in [6.07, 6.45) is 3.71. The van der Waals surface area contributed by atoms with Gasteiger partial charge in [-0.25, -0.2) is 0 Å². The van der Waals surface area contributed by atoms with Crippen LogP contribution in [0.5, 0.6) is 0 Å². The molecule has 0 aromatic heterocycles. The fourth-order valence-corrected chi connectivity index (χ4v) is 1.17. The van der Waals surface area contributed by atoms with Crippen LogP contribution in [-0.2, 0) is 14.4 Å². The average Bonchev–Trinajstić information content (AvgIpc) is 2.18. The first-order valence-corrected chi connectivity index (χ1v) is 4.91. The number of amides is 1. The molecule has 0 aliphatic carbocycles. The maximum atomic E-state index is 11.4. The summed E-state index contributed by atoms with van der Waals surface area (Å²) in [5.41, 5.74) is 0. The Morgan fingerprint density at radius 3 is 2.50 bits per heavy atom. The summed E-state index contributed by atoms with van der Waals surface area (Å²) in [5.74, 6) is -0.0409. The summed E-state index contributed by atoms with van der Waals surface area (Å²) in [6.45, 7) is 2.73. The van der Waals surface area contributed by atoms with E-state index in [-0.39, 0.29) is 12.5 Å². The number of hydrogen-bond acceptors (Lipinski definition) is 3. The normalized spacial score (nSPS) is 9.50. The number of unbranched alkanes of at least 4 members (excludes halogenated alkanes) is 1. The predicted molar refractivity (Wildman–Crippen MR) is 52.9 cm³/mol. The summed E-state index contributed by atoms with van der Waals surface area (Å²) < 4.78 is 0. The largest absolute Gasteiger partial charge is 0.336 e. The highest BCUT2D eigenvalue weighted by Gasteiger charge is 2.10. The lowest BCUT2D eigenvalue weighted by Crippen LogP contribution is -2.33. The van der Waals surface area contributed by atoms with Crippen LogP contribution < -0.4 is 0 Å². The molecular formula is C10H17NO3. The zero-order valence-electron chi connectivity index (χ0n) is 8.57. The van der Waals surface area contributed by atoms with E-state index in [1.54, 1.807) is 0 Å². The van der Waals surface area contributed by atoms with E-state index in [4.69, 9.17) is 0 Å². The molecule has 0 aromatic carbocycles. The van der Waals surface area contributed by atoms with Crippen LogP contribution in [0.2, 0.25) is 0 Å². The number of aldehydes is 2. The monoisotopic (exact) mass is 199 g/mol. The Kier molecular flexibility index (Phi) is 7.70. The highest BCUT2D eigenvalue weighted by molar-refractivity contribution is 5.78. The minimum Gasteiger partial charge on any atom is -0.336 e. The van der Waals surface area contributed by atoms with E-state index in [1.165, 1.54) is 4.90 Å². The molecule has 0 unspecified atom stereocenters. The number of rotatable bonds is 8. The van der Waals surface area contributed by atoms with Crippen molar-refractivity contribution >= 4 is 18.5 Å². The van der Waals surface area contributed by atoms with Crippen LogP contribution in [0.15, 0.2) is 0 Å². The van der Waals surface area contributed by atoms with Crippen LogP contribution in [0.1, 0.15) is 32.6 Å². The van der Waals surface area contributed by atoms with Crippen molar-refractivity contribution in [2.45, 2.75) is 32.6 Å². The van der Waals surface area contributed by atoms with Crippen LogP contribution >= 0.6 is 0 Å². The molecule has 0 aliphatic rings. The number of hydrogen-bond donors (Lipinski definition) is 0. The van der Waals surface area contributed by atoms with Gasteiger partial charge in [-0.2, -0.15) is 0 Å². The van der Waals surface area contributed by atoms with Gasteiger partial charge in [0.1, 0.15) is 12.6 Å². The van der Waals surface area contributed by atoms with Gasteiger partial charge in [0.05, 0.1) is 6.54 Å². The minimum absolute atomic E-state index is 0.0409. The van der Waals surface area contributed by atoms with Gasteiger partial charge >= 0.3 is 0 Å². The minimum atomic E-state index is -0.0409. The lowest BCUT2D eigenvalue weighted by atomic mass is 10.2. The topological polar surface area (TPSA) is 54.5 Å². The molecule has 0 saturated carbocycles. The molecule has 4 heteroatoms. The second-order valence-electron chi connectivity index (χ2n) is 3.07. The van der Waals surface area contributed by atoms with Crippen molar-refractivity contribution in [2.75, 3.05) is 13.1 Å². The Hall–Kier alpha value is -1.19. The molecule has 0 fully saturated rings. The van der Waals surface area contributed by atoms with Gasteiger partial charge in [-0.05, 0) is 12.8 Å². The second kappa shape index (κ2) is 8.41. The van der Waals surface area contributed by atoms with Gasteiger partial charge in [0.25, 0.3) is 0 Å². The van der Waals surface area contributed by atoms with Gasteiger partial charge in [-0.15, -0.1) is 0 Å². The number of nitrogens with zero attached hydrogens (tertiary/aromatic N) is 1. The first kappa shape index (κ1) is 12.8. The summed E-state index contributed by atoms with van der Waals surface area (Å²) in [6, 6.07) is 0. The summed E-state index contributed by atoms with van der Waals surface area (Å²) in [5, 5.41) is 0. The lowest BCUT2D eigenvalue weighted by molar-refractivity contribution is -0.133. The Morgan fingerprint density at radius 2 is 2.00 bits per heavy atom. The van der Waals surface area contributed by atoms with Crippen molar-refractivity contribution in [2.24, 2.45) is 0 Å². The van der Waals surface area contributed by atoms with E-state index in [9.17, 15) is 14.4 Å². The molecule has 0 atom stereocenters. The summed E-state index contributed by atoms with van der Waals surface area (Å²) >= 11 is 0. The fourth-order valence-electron chi connectivity index (χ4n) is 1.17. The average molecular weight is 199 g/mol. The van der Waals surface area contributed by atoms with Crippen molar-refractivity contribution in [1.29, 1.82) is 0 Å². The molecule has 0 aromatic rings. The molecule has 0 heterocycles. The van der Waals surface area contributed by atoms with Gasteiger partial charge < -0.3 is 14.5 Å². The molecule has 0 aliphatic heterocycles. The third kappa shape index (κ3) is 5.45. The van der Waals surface area contributed by atoms with Crippen LogP contribution in [0.4, 0.5) is 0 Å². The smallest absolute Gasteiger partial charge is 0.222 e. The van der Waals surface area contributed by atoms with Crippen LogP contribution in [-0.4, -0.2) is 36.5 Å². The Balaban J connectivity index is 3.87. The van der Waals surface area contributed by atoms with Crippen LogP contribution in [0.3, 0.4) is 0 Å². The Labute approximate surface area is 84.3 Å². The molecule has 0 radical (unpaired) electrons. The number of carbonyl (C=O) groups excluding carboxylic acids is 3. The van der Waals surface area contributed by atoms with Gasteiger partial charge in [0.15, 0.2) is 0 Å². The standard InChI is InChI=1S/C10H17NO3/c1-2-6-11(7-9-13)10(14)5-3-4-8-12/h8-9H,2-7H2,1H3. The first-order valence-electron chi connectivity index (χ1n) is 4.91. The maximum absolute atomic E-state index is 11.4. The SMILES string of the molecule is CCCN(CC=O)C(=O)CCCC=O. The highest BCUT2D eigenvalue weighted by Crippen LogP contribution is 2.00. The van der Waals surface area contributed by atoms with E-state index in [1.807, 2.05) is 6.92 Å². The van der Waals surface area contributed by atoms with Gasteiger partial charge in [-0.1, -0.05) is 6.92 Å². The fraction of sp³-hybridized carbons (Fsp3) is 0.700. The zero-order chi connectivity index (χ0) is 10.8. The quantitative estimate of drug-likeness (QED) is 0.429. The van der Waals surface area contributed by atoms with Crippen molar-refractivity contribution in [3.05, 3.63) is 0 Å². The highest BCUT2D eigenvalue weighted by atomic mass is 16.2. The van der Waals surface area contributed by atoms with E-state index < -0.39 is 0 Å². The molecule has 0 bridgehead atoms. The van der Waals surface area contributed by atoms with E-state index in [0.29, 0.717) is 25.8 Å². The zero-order valence-corrected chi connectivity index (χ0v) is 8.57.